The van der Waals surface area contributed by atoms with Crippen LogP contribution in [0.15, 0.2) is 84.9 Å². The van der Waals surface area contributed by atoms with Crippen molar-refractivity contribution < 1.29 is 44.0 Å². The number of hydrogen-bond acceptors (Lipinski definition) is 6. The van der Waals surface area contributed by atoms with Gasteiger partial charge in [0.05, 0.1) is 5.56 Å². The van der Waals surface area contributed by atoms with Crippen LogP contribution >= 0.6 is 0 Å². The maximum Gasteiger partial charge on any atom is 0.340 e. The summed E-state index contributed by atoms with van der Waals surface area (Å²) in [5, 5.41) is 28.3. The minimum Gasteiger partial charge on any atom is -0.478 e. The Morgan fingerprint density at radius 2 is 0.921 bits per heavy atom. The average molecular weight is 512 g/mol. The molecule has 0 aliphatic carbocycles. The van der Waals surface area contributed by atoms with Gasteiger partial charge in [-0.15, -0.1) is 0 Å². The van der Waals surface area contributed by atoms with Crippen molar-refractivity contribution >= 4 is 23.7 Å². The van der Waals surface area contributed by atoms with Crippen molar-refractivity contribution in [3.63, 3.8) is 0 Å². The number of hydrogen-bond donors (Lipinski definition) is 3. The van der Waals surface area contributed by atoms with Gasteiger partial charge in [-0.2, -0.15) is 0 Å². The van der Waals surface area contributed by atoms with Crippen LogP contribution in [0.5, 0.6) is 23.0 Å². The fraction of sp³-hybridized carbons (Fsp3) is 0.0345. The molecule has 4 rings (SSSR count). The number of aromatic carboxylic acids is 3. The SMILES string of the molecule is CC(=O)c1cccc(Oc2ccc(-c3ccc(Oc4cccc(C(=O)O)c4C(=O)O)cc3)cc2)c1C(=O)O. The average Bonchev–Trinajstić information content (AvgIpc) is 2.89. The third-order valence-corrected chi connectivity index (χ3v) is 5.59. The van der Waals surface area contributed by atoms with Gasteiger partial charge in [-0.25, -0.2) is 14.4 Å². The third-order valence-electron chi connectivity index (χ3n) is 5.59. The molecule has 0 saturated carbocycles. The van der Waals surface area contributed by atoms with Crippen LogP contribution in [0.4, 0.5) is 0 Å². The first-order chi connectivity index (χ1) is 18.2. The summed E-state index contributed by atoms with van der Waals surface area (Å²) in [5.74, 6) is -3.81. The van der Waals surface area contributed by atoms with Gasteiger partial charge in [0.15, 0.2) is 5.78 Å². The second kappa shape index (κ2) is 10.7. The first-order valence-electron chi connectivity index (χ1n) is 11.2. The maximum absolute atomic E-state index is 11.8. The van der Waals surface area contributed by atoms with Crippen molar-refractivity contribution in [1.82, 2.24) is 0 Å². The Morgan fingerprint density at radius 1 is 0.526 bits per heavy atom. The van der Waals surface area contributed by atoms with E-state index in [0.29, 0.717) is 11.5 Å². The van der Waals surface area contributed by atoms with Crippen LogP contribution in [0.25, 0.3) is 11.1 Å². The lowest BCUT2D eigenvalue weighted by atomic mass is 10.0. The van der Waals surface area contributed by atoms with E-state index in [-0.39, 0.29) is 34.0 Å². The van der Waals surface area contributed by atoms with Gasteiger partial charge < -0.3 is 24.8 Å². The molecule has 0 unspecified atom stereocenters. The Labute approximate surface area is 216 Å². The fourth-order valence-corrected chi connectivity index (χ4v) is 3.83. The monoisotopic (exact) mass is 512 g/mol. The van der Waals surface area contributed by atoms with Crippen LogP contribution in [-0.4, -0.2) is 39.0 Å². The summed E-state index contributed by atoms with van der Waals surface area (Å²) in [6, 6.07) is 22.0. The Bertz CT molecular complexity index is 1430. The molecule has 0 atom stereocenters. The van der Waals surface area contributed by atoms with Crippen molar-refractivity contribution in [2.75, 3.05) is 0 Å². The number of carbonyl (C=O) groups excluding carboxylic acids is 1. The predicted molar refractivity (Wildman–Crippen MR) is 136 cm³/mol. The molecule has 0 spiro atoms. The minimum atomic E-state index is -1.42. The molecular weight excluding hydrogens is 492 g/mol. The molecular formula is C29H20O9. The van der Waals surface area contributed by atoms with Crippen molar-refractivity contribution in [2.24, 2.45) is 0 Å². The van der Waals surface area contributed by atoms with E-state index in [1.807, 2.05) is 0 Å². The lowest BCUT2D eigenvalue weighted by molar-refractivity contribution is 0.0649. The van der Waals surface area contributed by atoms with Crippen molar-refractivity contribution in [1.29, 1.82) is 0 Å². The van der Waals surface area contributed by atoms with E-state index in [1.54, 1.807) is 54.6 Å². The molecule has 190 valence electrons. The summed E-state index contributed by atoms with van der Waals surface area (Å²) in [7, 11) is 0. The third kappa shape index (κ3) is 5.36. The van der Waals surface area contributed by atoms with Crippen molar-refractivity contribution in [3.05, 3.63) is 107 Å². The maximum atomic E-state index is 11.8. The van der Waals surface area contributed by atoms with E-state index in [9.17, 15) is 34.5 Å². The molecule has 0 heterocycles. The lowest BCUT2D eigenvalue weighted by Crippen LogP contribution is -2.09. The van der Waals surface area contributed by atoms with Gasteiger partial charge in [0.25, 0.3) is 0 Å². The molecule has 3 N–H and O–H groups in total. The zero-order valence-corrected chi connectivity index (χ0v) is 19.9. The molecule has 0 aliphatic heterocycles. The molecule has 0 amide bonds. The molecule has 0 radical (unpaired) electrons. The predicted octanol–water partition coefficient (Wildman–Crippen LogP) is 6.24. The van der Waals surface area contributed by atoms with Crippen LogP contribution in [-0.2, 0) is 0 Å². The Balaban J connectivity index is 1.53. The van der Waals surface area contributed by atoms with E-state index in [4.69, 9.17) is 9.47 Å². The second-order valence-electron chi connectivity index (χ2n) is 8.08. The number of rotatable bonds is 9. The lowest BCUT2D eigenvalue weighted by Gasteiger charge is -2.12. The van der Waals surface area contributed by atoms with Gasteiger partial charge in [-0.3, -0.25) is 4.79 Å². The molecule has 4 aromatic rings. The normalized spacial score (nSPS) is 10.4. The summed E-state index contributed by atoms with van der Waals surface area (Å²) in [6.45, 7) is 1.29. The van der Waals surface area contributed by atoms with E-state index in [2.05, 4.69) is 0 Å². The Morgan fingerprint density at radius 3 is 1.29 bits per heavy atom. The number of ketones is 1. The molecule has 0 aliphatic rings. The van der Waals surface area contributed by atoms with Gasteiger partial charge in [-0.05, 0) is 60.5 Å². The van der Waals surface area contributed by atoms with Gasteiger partial charge in [-0.1, -0.05) is 42.5 Å². The van der Waals surface area contributed by atoms with Gasteiger partial charge in [0.2, 0.25) is 0 Å². The summed E-state index contributed by atoms with van der Waals surface area (Å²) in [4.78, 5) is 46.5. The summed E-state index contributed by atoms with van der Waals surface area (Å²) in [6.07, 6.45) is 0. The number of carbonyl (C=O) groups is 4. The topological polar surface area (TPSA) is 147 Å². The van der Waals surface area contributed by atoms with Gasteiger partial charge in [0, 0.05) is 5.56 Å². The molecule has 9 nitrogen and oxygen atoms in total. The highest BCUT2D eigenvalue weighted by molar-refractivity contribution is 6.06. The zero-order valence-electron chi connectivity index (χ0n) is 19.9. The first kappa shape index (κ1) is 25.6. The fourth-order valence-electron chi connectivity index (χ4n) is 3.83. The van der Waals surface area contributed by atoms with Crippen LogP contribution in [0.3, 0.4) is 0 Å². The first-order valence-corrected chi connectivity index (χ1v) is 11.2. The second-order valence-corrected chi connectivity index (χ2v) is 8.08. The van der Waals surface area contributed by atoms with Crippen molar-refractivity contribution in [2.45, 2.75) is 6.92 Å². The van der Waals surface area contributed by atoms with E-state index < -0.39 is 23.5 Å². The molecule has 0 bridgehead atoms. The molecule has 0 saturated heterocycles. The minimum absolute atomic E-state index is 0.0483. The van der Waals surface area contributed by atoms with E-state index >= 15 is 0 Å². The molecule has 9 heteroatoms. The standard InChI is InChI=1S/C29H20O9/c1-16(30)21-4-2-6-23(25(21)28(33)34)37-19-12-8-17(9-13-19)18-10-14-20(15-11-18)38-24-7-3-5-22(27(31)32)26(24)29(35)36/h2-15H,1H3,(H,31,32)(H,33,34)(H,35,36). The van der Waals surface area contributed by atoms with Crippen LogP contribution in [0.1, 0.15) is 48.4 Å². The van der Waals surface area contributed by atoms with Crippen LogP contribution in [0, 0.1) is 0 Å². The highest BCUT2D eigenvalue weighted by Gasteiger charge is 2.22. The Hall–Kier alpha value is -5.44. The quantitative estimate of drug-likeness (QED) is 0.222. The Kier molecular flexibility index (Phi) is 7.20. The van der Waals surface area contributed by atoms with E-state index in [1.165, 1.54) is 37.3 Å². The molecule has 4 aromatic carbocycles. The zero-order chi connectivity index (χ0) is 27.4. The highest BCUT2D eigenvalue weighted by atomic mass is 16.5. The largest absolute Gasteiger partial charge is 0.478 e. The summed E-state index contributed by atoms with van der Waals surface area (Å²) in [5.41, 5.74) is 0.626. The molecule has 0 aromatic heterocycles. The number of benzene rings is 4. The number of carboxylic acids is 3. The molecule has 0 fully saturated rings. The number of Topliss-reactive ketones (excluding diaryl/α,β-unsaturated/α-hetero) is 1. The number of ether oxygens (including phenoxy) is 2. The highest BCUT2D eigenvalue weighted by Crippen LogP contribution is 2.32. The van der Waals surface area contributed by atoms with Crippen molar-refractivity contribution in [3.8, 4) is 34.1 Å². The number of carboxylic acid groups (broad SMARTS) is 3. The summed E-state index contributed by atoms with van der Waals surface area (Å²) >= 11 is 0. The van der Waals surface area contributed by atoms with E-state index in [0.717, 1.165) is 11.1 Å². The van der Waals surface area contributed by atoms with Crippen LogP contribution < -0.4 is 9.47 Å². The van der Waals surface area contributed by atoms with Gasteiger partial charge >= 0.3 is 17.9 Å². The smallest absolute Gasteiger partial charge is 0.340 e. The summed E-state index contributed by atoms with van der Waals surface area (Å²) < 4.78 is 11.4. The van der Waals surface area contributed by atoms with Gasteiger partial charge in [0.1, 0.15) is 34.1 Å². The molecule has 38 heavy (non-hydrogen) atoms. The van der Waals surface area contributed by atoms with Crippen LogP contribution in [0.2, 0.25) is 0 Å².